The minimum atomic E-state index is -0.935. The van der Waals surface area contributed by atoms with Crippen LogP contribution in [-0.2, 0) is 4.79 Å². The summed E-state index contributed by atoms with van der Waals surface area (Å²) in [5.41, 5.74) is 0.176. The Kier molecular flexibility index (Phi) is 29.5. The summed E-state index contributed by atoms with van der Waals surface area (Å²) in [5, 5.41) is 7.89. The first-order chi connectivity index (χ1) is 14.6. The van der Waals surface area contributed by atoms with Crippen LogP contribution in [0.2, 0.25) is 0 Å². The van der Waals surface area contributed by atoms with Crippen molar-refractivity contribution in [1.29, 1.82) is 0 Å². The van der Waals surface area contributed by atoms with E-state index >= 15 is 0 Å². The summed E-state index contributed by atoms with van der Waals surface area (Å²) in [5.74, 6) is -0.935. The monoisotopic (exact) mass is 424 g/mol. The van der Waals surface area contributed by atoms with Gasteiger partial charge in [0.2, 0.25) is 0 Å². The quantitative estimate of drug-likeness (QED) is 0.139. The van der Waals surface area contributed by atoms with Gasteiger partial charge < -0.3 is 5.11 Å². The van der Waals surface area contributed by atoms with Crippen molar-refractivity contribution in [1.82, 2.24) is 0 Å². The molecule has 0 aromatic rings. The van der Waals surface area contributed by atoms with Gasteiger partial charge in [0.15, 0.2) is 0 Å². The third kappa shape index (κ3) is 31.9. The second-order valence-electron chi connectivity index (χ2n) is 9.16. The van der Waals surface area contributed by atoms with Crippen LogP contribution in [0, 0.1) is 0 Å². The number of carboxylic acids is 1. The molecule has 0 atom stereocenters. The average Bonchev–Trinajstić information content (AvgIpc) is 2.72. The summed E-state index contributed by atoms with van der Waals surface area (Å²) in [6.45, 7) is 9.20. The normalized spacial score (nSPS) is 10.5. The highest BCUT2D eigenvalue weighted by atomic mass is 16.4. The largest absolute Gasteiger partial charge is 0.478 e. The van der Waals surface area contributed by atoms with E-state index in [0.717, 1.165) is 0 Å². The molecule has 0 fully saturated rings. The number of carboxylic acid groups (broad SMARTS) is 1. The van der Waals surface area contributed by atoms with Crippen molar-refractivity contribution in [2.45, 2.75) is 162 Å². The molecule has 0 aliphatic heterocycles. The molecule has 0 saturated heterocycles. The van der Waals surface area contributed by atoms with Crippen LogP contribution in [-0.4, -0.2) is 11.1 Å². The zero-order valence-corrected chi connectivity index (χ0v) is 21.1. The van der Waals surface area contributed by atoms with Gasteiger partial charge in [0.25, 0.3) is 0 Å². The van der Waals surface area contributed by atoms with Crippen molar-refractivity contribution in [2.75, 3.05) is 0 Å². The molecule has 0 aromatic heterocycles. The van der Waals surface area contributed by atoms with E-state index < -0.39 is 5.97 Å². The molecular formula is C28H56O2. The Morgan fingerprint density at radius 2 is 0.633 bits per heavy atom. The maximum atomic E-state index is 9.60. The molecule has 0 saturated carbocycles. The molecule has 0 heterocycles. The molecule has 0 spiro atoms. The Labute approximate surface area is 190 Å². The summed E-state index contributed by atoms with van der Waals surface area (Å²) >= 11 is 0. The third-order valence-electron chi connectivity index (χ3n) is 5.82. The maximum Gasteiger partial charge on any atom is 0.330 e. The number of aliphatic carboxylic acids is 1. The number of unbranched alkanes of at least 4 members (excludes halogenated alkanes) is 21. The van der Waals surface area contributed by atoms with Gasteiger partial charge in [-0.15, -0.1) is 0 Å². The van der Waals surface area contributed by atoms with E-state index in [2.05, 4.69) is 20.4 Å². The first-order valence-corrected chi connectivity index (χ1v) is 13.4. The molecular weight excluding hydrogens is 368 g/mol. The molecule has 0 amide bonds. The Morgan fingerprint density at radius 3 is 0.733 bits per heavy atom. The SMILES string of the molecule is C=C(C)C(=O)O.CCCCCCCCCCCCCCCCCCCCCCCC. The Balaban J connectivity index is 0. The Morgan fingerprint density at radius 1 is 0.500 bits per heavy atom. The van der Waals surface area contributed by atoms with Crippen LogP contribution in [0.3, 0.4) is 0 Å². The molecule has 0 aliphatic carbocycles. The molecule has 30 heavy (non-hydrogen) atoms. The topological polar surface area (TPSA) is 37.3 Å². The van der Waals surface area contributed by atoms with Crippen LogP contribution < -0.4 is 0 Å². The molecule has 0 unspecified atom stereocenters. The number of hydrogen-bond acceptors (Lipinski definition) is 1. The number of carbonyl (C=O) groups is 1. The van der Waals surface area contributed by atoms with E-state index in [1.54, 1.807) is 0 Å². The van der Waals surface area contributed by atoms with E-state index in [1.807, 2.05) is 0 Å². The fourth-order valence-corrected chi connectivity index (χ4v) is 3.68. The first kappa shape index (κ1) is 31.4. The van der Waals surface area contributed by atoms with Gasteiger partial charge in [-0.1, -0.05) is 162 Å². The van der Waals surface area contributed by atoms with Crippen molar-refractivity contribution >= 4 is 5.97 Å². The lowest BCUT2D eigenvalue weighted by Gasteiger charge is -2.04. The van der Waals surface area contributed by atoms with Crippen molar-refractivity contribution in [3.63, 3.8) is 0 Å². The lowest BCUT2D eigenvalue weighted by atomic mass is 10.0. The fourth-order valence-electron chi connectivity index (χ4n) is 3.68. The molecule has 180 valence electrons. The highest BCUT2D eigenvalue weighted by Crippen LogP contribution is 2.15. The van der Waals surface area contributed by atoms with E-state index in [-0.39, 0.29) is 5.57 Å². The molecule has 0 aliphatic rings. The summed E-state index contributed by atoms with van der Waals surface area (Å²) in [7, 11) is 0. The molecule has 2 nitrogen and oxygen atoms in total. The zero-order chi connectivity index (χ0) is 22.7. The van der Waals surface area contributed by atoms with E-state index in [1.165, 1.54) is 148 Å². The lowest BCUT2D eigenvalue weighted by Crippen LogP contribution is -1.92. The molecule has 0 bridgehead atoms. The van der Waals surface area contributed by atoms with E-state index in [0.29, 0.717) is 0 Å². The van der Waals surface area contributed by atoms with Gasteiger partial charge in [0.1, 0.15) is 0 Å². The number of rotatable bonds is 22. The summed E-state index contributed by atoms with van der Waals surface area (Å²) in [6, 6.07) is 0. The highest BCUT2D eigenvalue weighted by molar-refractivity contribution is 5.84. The Bertz CT molecular complexity index is 315. The van der Waals surface area contributed by atoms with Gasteiger partial charge in [0.05, 0.1) is 0 Å². The van der Waals surface area contributed by atoms with Crippen LogP contribution in [0.4, 0.5) is 0 Å². The van der Waals surface area contributed by atoms with Gasteiger partial charge in [0, 0.05) is 5.57 Å². The van der Waals surface area contributed by atoms with E-state index in [9.17, 15) is 4.79 Å². The maximum absolute atomic E-state index is 9.60. The van der Waals surface area contributed by atoms with Crippen LogP contribution in [0.1, 0.15) is 162 Å². The third-order valence-corrected chi connectivity index (χ3v) is 5.82. The van der Waals surface area contributed by atoms with Gasteiger partial charge in [-0.2, -0.15) is 0 Å². The summed E-state index contributed by atoms with van der Waals surface area (Å²) < 4.78 is 0. The Hall–Kier alpha value is -0.790. The molecule has 0 rings (SSSR count). The fraction of sp³-hybridized carbons (Fsp3) is 0.893. The van der Waals surface area contributed by atoms with Crippen LogP contribution in [0.5, 0.6) is 0 Å². The highest BCUT2D eigenvalue weighted by Gasteiger charge is 1.95. The standard InChI is InChI=1S/C24H50.C4H6O2/c1-3-5-7-9-11-13-15-17-19-21-23-24-22-20-18-16-14-12-10-8-6-4-2;1-3(2)4(5)6/h3-24H2,1-2H3;1H2,2H3,(H,5,6). The molecule has 0 radical (unpaired) electrons. The van der Waals surface area contributed by atoms with E-state index in [4.69, 9.17) is 5.11 Å². The smallest absolute Gasteiger partial charge is 0.330 e. The second-order valence-corrected chi connectivity index (χ2v) is 9.16. The predicted molar refractivity (Wildman–Crippen MR) is 135 cm³/mol. The van der Waals surface area contributed by atoms with Gasteiger partial charge in [-0.05, 0) is 6.92 Å². The van der Waals surface area contributed by atoms with Crippen LogP contribution in [0.15, 0.2) is 12.2 Å². The minimum Gasteiger partial charge on any atom is -0.478 e. The number of hydrogen-bond donors (Lipinski definition) is 1. The first-order valence-electron chi connectivity index (χ1n) is 13.4. The summed E-state index contributed by atoms with van der Waals surface area (Å²) in [6.07, 6.45) is 32.4. The molecule has 0 aromatic carbocycles. The van der Waals surface area contributed by atoms with Gasteiger partial charge in [-0.25, -0.2) is 4.79 Å². The van der Waals surface area contributed by atoms with Crippen molar-refractivity contribution < 1.29 is 9.90 Å². The van der Waals surface area contributed by atoms with Crippen molar-refractivity contribution in [3.8, 4) is 0 Å². The molecule has 1 N–H and O–H groups in total. The summed E-state index contributed by atoms with van der Waals surface area (Å²) in [4.78, 5) is 9.60. The predicted octanol–water partition coefficient (Wildman–Crippen LogP) is 10.3. The van der Waals surface area contributed by atoms with Crippen molar-refractivity contribution in [3.05, 3.63) is 12.2 Å². The van der Waals surface area contributed by atoms with Crippen molar-refractivity contribution in [2.24, 2.45) is 0 Å². The molecule has 2 heteroatoms. The second kappa shape index (κ2) is 28.2. The van der Waals surface area contributed by atoms with Gasteiger partial charge in [-0.3, -0.25) is 0 Å². The van der Waals surface area contributed by atoms with Gasteiger partial charge >= 0.3 is 5.97 Å². The van der Waals surface area contributed by atoms with Crippen LogP contribution in [0.25, 0.3) is 0 Å². The zero-order valence-electron chi connectivity index (χ0n) is 21.1. The minimum absolute atomic E-state index is 0.176. The van der Waals surface area contributed by atoms with Crippen LogP contribution >= 0.6 is 0 Å². The average molecular weight is 425 g/mol. The lowest BCUT2D eigenvalue weighted by molar-refractivity contribution is -0.132.